The number of carbonyl (C=O) groups excluding carboxylic acids is 1. The minimum Gasteiger partial charge on any atom is -0.450 e. The monoisotopic (exact) mass is 520 g/mol. The van der Waals surface area contributed by atoms with Crippen molar-refractivity contribution in [1.82, 2.24) is 15.5 Å². The number of likely N-dealkylation sites (tertiary alicyclic amines) is 1. The molecule has 0 unspecified atom stereocenters. The van der Waals surface area contributed by atoms with Gasteiger partial charge in [-0.15, -0.1) is 24.0 Å². The van der Waals surface area contributed by atoms with Crippen LogP contribution in [0, 0.1) is 5.82 Å². The summed E-state index contributed by atoms with van der Waals surface area (Å²) in [6.07, 6.45) is 1.42. The van der Waals surface area contributed by atoms with E-state index >= 15 is 0 Å². The standard InChI is InChI=1S/C21H33FN4O2.HI/c1-5-23-19(24-15-21(3,4)17-9-7-8-10-18(17)22)25-16-11-13-26(14-12-16)20(27)28-6-2;/h7-10,16H,5-6,11-15H2,1-4H3,(H2,23,24,25);1H. The van der Waals surface area contributed by atoms with Crippen LogP contribution < -0.4 is 10.6 Å². The number of benzene rings is 1. The van der Waals surface area contributed by atoms with E-state index in [1.54, 1.807) is 11.0 Å². The van der Waals surface area contributed by atoms with Gasteiger partial charge in [-0.2, -0.15) is 0 Å². The summed E-state index contributed by atoms with van der Waals surface area (Å²) in [6, 6.07) is 7.09. The van der Waals surface area contributed by atoms with Crippen molar-refractivity contribution in [3.05, 3.63) is 35.6 Å². The van der Waals surface area contributed by atoms with Gasteiger partial charge >= 0.3 is 6.09 Å². The van der Waals surface area contributed by atoms with Gasteiger partial charge < -0.3 is 20.3 Å². The Balaban J connectivity index is 0.00000420. The molecule has 1 amide bonds. The fourth-order valence-corrected chi connectivity index (χ4v) is 3.31. The highest BCUT2D eigenvalue weighted by Crippen LogP contribution is 2.26. The lowest BCUT2D eigenvalue weighted by Gasteiger charge is -2.32. The zero-order valence-electron chi connectivity index (χ0n) is 17.8. The first-order valence-electron chi connectivity index (χ1n) is 10.1. The van der Waals surface area contributed by atoms with Gasteiger partial charge in [-0.3, -0.25) is 4.99 Å². The number of guanidine groups is 1. The molecule has 0 bridgehead atoms. The van der Waals surface area contributed by atoms with Gasteiger partial charge in [0.25, 0.3) is 0 Å². The van der Waals surface area contributed by atoms with Crippen molar-refractivity contribution in [3.8, 4) is 0 Å². The third-order valence-electron chi connectivity index (χ3n) is 4.94. The second-order valence-electron chi connectivity index (χ2n) is 7.66. The normalized spacial score (nSPS) is 15.5. The summed E-state index contributed by atoms with van der Waals surface area (Å²) in [7, 11) is 0. The zero-order valence-corrected chi connectivity index (χ0v) is 20.2. The molecule has 1 aromatic rings. The maximum absolute atomic E-state index is 14.2. The van der Waals surface area contributed by atoms with E-state index in [-0.39, 0.29) is 41.9 Å². The van der Waals surface area contributed by atoms with Crippen LogP contribution in [0.5, 0.6) is 0 Å². The van der Waals surface area contributed by atoms with Crippen LogP contribution in [0.3, 0.4) is 0 Å². The fraction of sp³-hybridized carbons (Fsp3) is 0.619. The number of halogens is 2. The first kappa shape index (κ1) is 25.5. The number of carbonyl (C=O) groups is 1. The average molecular weight is 520 g/mol. The number of hydrogen-bond acceptors (Lipinski definition) is 3. The maximum Gasteiger partial charge on any atom is 0.409 e. The number of rotatable bonds is 6. The number of nitrogens with zero attached hydrogens (tertiary/aromatic N) is 2. The van der Waals surface area contributed by atoms with E-state index in [0.717, 1.165) is 25.3 Å². The molecule has 0 aromatic heterocycles. The first-order valence-corrected chi connectivity index (χ1v) is 10.1. The lowest BCUT2D eigenvalue weighted by molar-refractivity contribution is 0.0963. The van der Waals surface area contributed by atoms with Crippen LogP contribution in [0.25, 0.3) is 0 Å². The molecule has 1 heterocycles. The van der Waals surface area contributed by atoms with E-state index in [0.29, 0.717) is 31.8 Å². The van der Waals surface area contributed by atoms with E-state index in [1.807, 2.05) is 39.8 Å². The molecule has 1 saturated heterocycles. The molecule has 6 nitrogen and oxygen atoms in total. The second-order valence-corrected chi connectivity index (χ2v) is 7.66. The molecule has 2 N–H and O–H groups in total. The number of hydrogen-bond donors (Lipinski definition) is 2. The SMILES string of the molecule is CCNC(=NCC(C)(C)c1ccccc1F)NC1CCN(C(=O)OCC)CC1.I. The Hall–Kier alpha value is -1.58. The topological polar surface area (TPSA) is 66.0 Å². The van der Waals surface area contributed by atoms with Crippen LogP contribution in [0.15, 0.2) is 29.3 Å². The van der Waals surface area contributed by atoms with Crippen molar-refractivity contribution in [2.75, 3.05) is 32.8 Å². The highest BCUT2D eigenvalue weighted by molar-refractivity contribution is 14.0. The van der Waals surface area contributed by atoms with Crippen LogP contribution in [0.2, 0.25) is 0 Å². The van der Waals surface area contributed by atoms with Gasteiger partial charge in [0.2, 0.25) is 0 Å². The van der Waals surface area contributed by atoms with Crippen molar-refractivity contribution >= 4 is 36.0 Å². The Kier molecular flexibility index (Phi) is 10.7. The van der Waals surface area contributed by atoms with Crippen LogP contribution in [0.1, 0.15) is 46.1 Å². The fourth-order valence-electron chi connectivity index (χ4n) is 3.31. The molecule has 164 valence electrons. The molecule has 0 spiro atoms. The Morgan fingerprint density at radius 3 is 2.52 bits per heavy atom. The largest absolute Gasteiger partial charge is 0.450 e. The van der Waals surface area contributed by atoms with Gasteiger partial charge in [-0.05, 0) is 38.3 Å². The summed E-state index contributed by atoms with van der Waals surface area (Å²) in [6.45, 7) is 10.8. The Labute approximate surface area is 190 Å². The Bertz CT molecular complexity index is 676. The predicted molar refractivity (Wildman–Crippen MR) is 126 cm³/mol. The van der Waals surface area contributed by atoms with E-state index in [9.17, 15) is 9.18 Å². The molecule has 0 atom stereocenters. The van der Waals surface area contributed by atoms with Gasteiger partial charge in [0.05, 0.1) is 13.2 Å². The first-order chi connectivity index (χ1) is 13.4. The maximum atomic E-state index is 14.2. The zero-order chi connectivity index (χ0) is 20.6. The van der Waals surface area contributed by atoms with Gasteiger partial charge in [0.1, 0.15) is 5.82 Å². The highest BCUT2D eigenvalue weighted by Gasteiger charge is 2.26. The predicted octanol–water partition coefficient (Wildman–Crippen LogP) is 3.90. The smallest absolute Gasteiger partial charge is 0.409 e. The Morgan fingerprint density at radius 1 is 1.28 bits per heavy atom. The average Bonchev–Trinajstić information content (AvgIpc) is 2.67. The van der Waals surface area contributed by atoms with Gasteiger partial charge in [-0.1, -0.05) is 32.0 Å². The summed E-state index contributed by atoms with van der Waals surface area (Å²) in [5.74, 6) is 0.522. The molecule has 1 fully saturated rings. The van der Waals surface area contributed by atoms with E-state index < -0.39 is 5.41 Å². The molecule has 2 rings (SSSR count). The molecular weight excluding hydrogens is 486 g/mol. The lowest BCUT2D eigenvalue weighted by atomic mass is 9.84. The molecule has 29 heavy (non-hydrogen) atoms. The summed E-state index contributed by atoms with van der Waals surface area (Å²) < 4.78 is 19.2. The van der Waals surface area contributed by atoms with Crippen molar-refractivity contribution in [2.45, 2.75) is 52.0 Å². The van der Waals surface area contributed by atoms with Crippen LogP contribution >= 0.6 is 24.0 Å². The molecule has 1 aliphatic heterocycles. The van der Waals surface area contributed by atoms with Crippen molar-refractivity contribution in [1.29, 1.82) is 0 Å². The van der Waals surface area contributed by atoms with Crippen molar-refractivity contribution < 1.29 is 13.9 Å². The van der Waals surface area contributed by atoms with Gasteiger partial charge in [-0.25, -0.2) is 9.18 Å². The third-order valence-corrected chi connectivity index (χ3v) is 4.94. The summed E-state index contributed by atoms with van der Waals surface area (Å²) >= 11 is 0. The number of amides is 1. The van der Waals surface area contributed by atoms with Crippen LogP contribution in [-0.2, 0) is 10.2 Å². The number of aliphatic imine (C=N–C) groups is 1. The quantitative estimate of drug-likeness (QED) is 0.340. The van der Waals surface area contributed by atoms with Crippen LogP contribution in [-0.4, -0.2) is 55.8 Å². The van der Waals surface area contributed by atoms with E-state index in [1.165, 1.54) is 6.07 Å². The minimum atomic E-state index is -0.416. The lowest BCUT2D eigenvalue weighted by Crippen LogP contribution is -2.50. The molecular formula is C21H34FIN4O2. The summed E-state index contributed by atoms with van der Waals surface area (Å²) in [5.41, 5.74) is 0.249. The molecule has 1 aliphatic rings. The van der Waals surface area contributed by atoms with Crippen molar-refractivity contribution in [2.24, 2.45) is 4.99 Å². The molecule has 8 heteroatoms. The minimum absolute atomic E-state index is 0. The van der Waals surface area contributed by atoms with Crippen LogP contribution in [0.4, 0.5) is 9.18 Å². The van der Waals surface area contributed by atoms with Crippen molar-refractivity contribution in [3.63, 3.8) is 0 Å². The molecule has 0 saturated carbocycles. The second kappa shape index (κ2) is 12.2. The summed E-state index contributed by atoms with van der Waals surface area (Å²) in [5, 5.41) is 6.72. The Morgan fingerprint density at radius 2 is 1.93 bits per heavy atom. The van der Waals surface area contributed by atoms with E-state index in [2.05, 4.69) is 10.6 Å². The molecule has 0 radical (unpaired) electrons. The molecule has 1 aromatic carbocycles. The van der Waals surface area contributed by atoms with Gasteiger partial charge in [0, 0.05) is 31.1 Å². The number of nitrogens with one attached hydrogen (secondary N) is 2. The highest BCUT2D eigenvalue weighted by atomic mass is 127. The third kappa shape index (κ3) is 7.64. The summed E-state index contributed by atoms with van der Waals surface area (Å²) in [4.78, 5) is 18.3. The number of ether oxygens (including phenoxy) is 1. The number of piperidine rings is 1. The van der Waals surface area contributed by atoms with Gasteiger partial charge in [0.15, 0.2) is 5.96 Å². The van der Waals surface area contributed by atoms with E-state index in [4.69, 9.17) is 9.73 Å². The molecule has 0 aliphatic carbocycles.